The fourth-order valence-corrected chi connectivity index (χ4v) is 2.67. The third kappa shape index (κ3) is 4.08. The zero-order chi connectivity index (χ0) is 14.5. The van der Waals surface area contributed by atoms with Crippen LogP contribution in [-0.4, -0.2) is 46.6 Å². The standard InChI is InChI=1S/C14H20ClN3O2/c1-10(9-18-7-3-2-4-8-18)16-13-11(14(19)20)5-6-12(15)17-13/h5-6,10H,2-4,7-9H2,1H3,(H,16,17)(H,19,20). The van der Waals surface area contributed by atoms with Crippen molar-refractivity contribution in [3.63, 3.8) is 0 Å². The van der Waals surface area contributed by atoms with Crippen LogP contribution in [0, 0.1) is 0 Å². The average molecular weight is 298 g/mol. The molecule has 2 N–H and O–H groups in total. The number of hydrogen-bond acceptors (Lipinski definition) is 4. The number of carboxylic acids is 1. The van der Waals surface area contributed by atoms with Crippen LogP contribution in [0.1, 0.15) is 36.5 Å². The molecule has 1 atom stereocenters. The lowest BCUT2D eigenvalue weighted by Crippen LogP contribution is -2.38. The molecule has 6 heteroatoms. The van der Waals surface area contributed by atoms with Gasteiger partial charge in [0.2, 0.25) is 0 Å². The first-order valence-corrected chi connectivity index (χ1v) is 7.33. The molecule has 0 aromatic carbocycles. The van der Waals surface area contributed by atoms with E-state index in [1.165, 1.54) is 31.4 Å². The number of hydrogen-bond donors (Lipinski definition) is 2. The Bertz CT molecular complexity index is 475. The number of halogens is 1. The van der Waals surface area contributed by atoms with E-state index in [2.05, 4.69) is 15.2 Å². The van der Waals surface area contributed by atoms with Gasteiger partial charge in [-0.2, -0.15) is 0 Å². The maximum atomic E-state index is 11.2. The second kappa shape index (κ2) is 6.90. The molecule has 0 saturated carbocycles. The summed E-state index contributed by atoms with van der Waals surface area (Å²) in [7, 11) is 0. The van der Waals surface area contributed by atoms with Crippen LogP contribution < -0.4 is 5.32 Å². The first-order chi connectivity index (χ1) is 9.56. The Kier molecular flexibility index (Phi) is 5.20. The van der Waals surface area contributed by atoms with E-state index in [4.69, 9.17) is 16.7 Å². The Morgan fingerprint density at radius 2 is 2.15 bits per heavy atom. The summed E-state index contributed by atoms with van der Waals surface area (Å²) in [5, 5.41) is 12.6. The average Bonchev–Trinajstić information content (AvgIpc) is 2.39. The van der Waals surface area contributed by atoms with E-state index in [1.807, 2.05) is 6.92 Å². The van der Waals surface area contributed by atoms with Gasteiger partial charge in [0.15, 0.2) is 0 Å². The van der Waals surface area contributed by atoms with E-state index < -0.39 is 5.97 Å². The van der Waals surface area contributed by atoms with E-state index in [9.17, 15) is 4.79 Å². The lowest BCUT2D eigenvalue weighted by Gasteiger charge is -2.29. The minimum atomic E-state index is -0.998. The number of piperidine rings is 1. The number of aromatic carboxylic acids is 1. The van der Waals surface area contributed by atoms with Crippen molar-refractivity contribution in [3.05, 3.63) is 22.8 Å². The van der Waals surface area contributed by atoms with Crippen LogP contribution in [0.2, 0.25) is 5.15 Å². The predicted molar refractivity (Wildman–Crippen MR) is 79.6 cm³/mol. The summed E-state index contributed by atoms with van der Waals surface area (Å²) >= 11 is 5.84. The third-order valence-corrected chi connectivity index (χ3v) is 3.67. The molecule has 1 fully saturated rings. The van der Waals surface area contributed by atoms with Crippen molar-refractivity contribution < 1.29 is 9.90 Å². The van der Waals surface area contributed by atoms with Crippen molar-refractivity contribution in [1.29, 1.82) is 0 Å². The molecule has 1 unspecified atom stereocenters. The molecule has 0 bridgehead atoms. The summed E-state index contributed by atoms with van der Waals surface area (Å²) in [6, 6.07) is 3.09. The SMILES string of the molecule is CC(CN1CCCCC1)Nc1nc(Cl)ccc1C(=O)O. The van der Waals surface area contributed by atoms with Gasteiger partial charge in [0.05, 0.1) is 0 Å². The number of carbonyl (C=O) groups is 1. The number of pyridine rings is 1. The maximum absolute atomic E-state index is 11.2. The fourth-order valence-electron chi connectivity index (χ4n) is 2.53. The Morgan fingerprint density at radius 3 is 2.80 bits per heavy atom. The number of nitrogens with one attached hydrogen (secondary N) is 1. The summed E-state index contributed by atoms with van der Waals surface area (Å²) in [4.78, 5) is 17.6. The summed E-state index contributed by atoms with van der Waals surface area (Å²) < 4.78 is 0. The lowest BCUT2D eigenvalue weighted by atomic mass is 10.1. The van der Waals surface area contributed by atoms with Gasteiger partial charge in [-0.1, -0.05) is 18.0 Å². The molecule has 0 spiro atoms. The first-order valence-electron chi connectivity index (χ1n) is 6.95. The highest BCUT2D eigenvalue weighted by Crippen LogP contribution is 2.18. The van der Waals surface area contributed by atoms with Gasteiger partial charge in [-0.05, 0) is 45.0 Å². The summed E-state index contributed by atoms with van der Waals surface area (Å²) in [6.45, 7) is 5.14. The molecular formula is C14H20ClN3O2. The minimum Gasteiger partial charge on any atom is -0.478 e. The van der Waals surface area contributed by atoms with Gasteiger partial charge in [0, 0.05) is 12.6 Å². The van der Waals surface area contributed by atoms with Gasteiger partial charge in [-0.15, -0.1) is 0 Å². The highest BCUT2D eigenvalue weighted by molar-refractivity contribution is 6.29. The van der Waals surface area contributed by atoms with E-state index in [-0.39, 0.29) is 11.6 Å². The molecule has 1 aliphatic heterocycles. The molecule has 0 radical (unpaired) electrons. The fraction of sp³-hybridized carbons (Fsp3) is 0.571. The van der Waals surface area contributed by atoms with Crippen LogP contribution in [0.3, 0.4) is 0 Å². The zero-order valence-electron chi connectivity index (χ0n) is 11.6. The second-order valence-corrected chi connectivity index (χ2v) is 5.63. The minimum absolute atomic E-state index is 0.122. The quantitative estimate of drug-likeness (QED) is 0.818. The number of likely N-dealkylation sites (tertiary alicyclic amines) is 1. The van der Waals surface area contributed by atoms with Crippen LogP contribution in [0.4, 0.5) is 5.82 Å². The molecule has 1 saturated heterocycles. The maximum Gasteiger partial charge on any atom is 0.339 e. The van der Waals surface area contributed by atoms with E-state index in [0.717, 1.165) is 19.6 Å². The molecule has 2 rings (SSSR count). The second-order valence-electron chi connectivity index (χ2n) is 5.24. The summed E-state index contributed by atoms with van der Waals surface area (Å²) in [6.07, 6.45) is 3.78. The summed E-state index contributed by atoms with van der Waals surface area (Å²) in [5.41, 5.74) is 0.153. The Hall–Kier alpha value is -1.33. The van der Waals surface area contributed by atoms with Crippen molar-refractivity contribution in [3.8, 4) is 0 Å². The Labute approximate surface area is 123 Å². The van der Waals surface area contributed by atoms with E-state index in [0.29, 0.717) is 11.0 Å². The molecule has 1 aromatic rings. The number of aromatic nitrogens is 1. The number of carboxylic acid groups (broad SMARTS) is 1. The van der Waals surface area contributed by atoms with Gasteiger partial charge in [-0.25, -0.2) is 9.78 Å². The van der Waals surface area contributed by atoms with Crippen LogP contribution in [0.25, 0.3) is 0 Å². The van der Waals surface area contributed by atoms with Crippen molar-refractivity contribution in [2.24, 2.45) is 0 Å². The molecule has 5 nitrogen and oxygen atoms in total. The molecular weight excluding hydrogens is 278 g/mol. The third-order valence-electron chi connectivity index (χ3n) is 3.46. The normalized spacial score (nSPS) is 17.7. The van der Waals surface area contributed by atoms with Gasteiger partial charge in [-0.3, -0.25) is 0 Å². The van der Waals surface area contributed by atoms with Gasteiger partial charge >= 0.3 is 5.97 Å². The van der Waals surface area contributed by atoms with Crippen molar-refractivity contribution in [1.82, 2.24) is 9.88 Å². The molecule has 0 aliphatic carbocycles. The topological polar surface area (TPSA) is 65.5 Å². The molecule has 1 aromatic heterocycles. The van der Waals surface area contributed by atoms with Crippen LogP contribution in [0.5, 0.6) is 0 Å². The van der Waals surface area contributed by atoms with Crippen LogP contribution in [-0.2, 0) is 0 Å². The molecule has 2 heterocycles. The van der Waals surface area contributed by atoms with Crippen molar-refractivity contribution in [2.75, 3.05) is 25.0 Å². The first kappa shape index (κ1) is 15.1. The van der Waals surface area contributed by atoms with E-state index in [1.54, 1.807) is 0 Å². The number of anilines is 1. The van der Waals surface area contributed by atoms with E-state index >= 15 is 0 Å². The molecule has 1 aliphatic rings. The number of nitrogens with zero attached hydrogens (tertiary/aromatic N) is 2. The lowest BCUT2D eigenvalue weighted by molar-refractivity contribution is 0.0697. The van der Waals surface area contributed by atoms with Crippen molar-refractivity contribution >= 4 is 23.4 Å². The zero-order valence-corrected chi connectivity index (χ0v) is 12.4. The highest BCUT2D eigenvalue weighted by atomic mass is 35.5. The smallest absolute Gasteiger partial charge is 0.339 e. The predicted octanol–water partition coefficient (Wildman–Crippen LogP) is 2.72. The number of rotatable bonds is 5. The Morgan fingerprint density at radius 1 is 1.45 bits per heavy atom. The van der Waals surface area contributed by atoms with Gasteiger partial charge in [0.25, 0.3) is 0 Å². The monoisotopic (exact) mass is 297 g/mol. The van der Waals surface area contributed by atoms with Crippen LogP contribution >= 0.6 is 11.6 Å². The molecule has 0 amide bonds. The molecule has 110 valence electrons. The van der Waals surface area contributed by atoms with Crippen molar-refractivity contribution in [2.45, 2.75) is 32.2 Å². The van der Waals surface area contributed by atoms with Crippen LogP contribution in [0.15, 0.2) is 12.1 Å². The van der Waals surface area contributed by atoms with Gasteiger partial charge < -0.3 is 15.3 Å². The molecule has 20 heavy (non-hydrogen) atoms. The summed E-state index contributed by atoms with van der Waals surface area (Å²) in [5.74, 6) is -0.656. The van der Waals surface area contributed by atoms with Gasteiger partial charge in [0.1, 0.15) is 16.5 Å². The highest BCUT2D eigenvalue weighted by Gasteiger charge is 2.17. The Balaban J connectivity index is 2.00. The largest absolute Gasteiger partial charge is 0.478 e.